The monoisotopic (exact) mass is 178 g/mol. The summed E-state index contributed by atoms with van der Waals surface area (Å²) in [4.78, 5) is 0. The van der Waals surface area contributed by atoms with E-state index >= 15 is 0 Å². The van der Waals surface area contributed by atoms with Gasteiger partial charge in [0.25, 0.3) is 0 Å². The Morgan fingerprint density at radius 2 is 1.75 bits per heavy atom. The van der Waals surface area contributed by atoms with E-state index in [2.05, 4.69) is 0 Å². The number of rotatable bonds is 3. The maximum Gasteiger partial charge on any atom is 0.174 e. The van der Waals surface area contributed by atoms with Gasteiger partial charge in [0.05, 0.1) is 0 Å². The maximum absolute atomic E-state index is 8.83. The van der Waals surface area contributed by atoms with Gasteiger partial charge in [-0.05, 0) is 0 Å². The Kier molecular flexibility index (Phi) is 3.95. The van der Waals surface area contributed by atoms with Crippen LogP contribution >= 0.6 is 0 Å². The minimum atomic E-state index is -1.93. The molecule has 6 nitrogen and oxygen atoms in total. The van der Waals surface area contributed by atoms with E-state index in [1.807, 2.05) is 0 Å². The van der Waals surface area contributed by atoms with Crippen LogP contribution in [0.2, 0.25) is 0 Å². The summed E-state index contributed by atoms with van der Waals surface area (Å²) in [6.07, 6.45) is -1.77. The van der Waals surface area contributed by atoms with Crippen LogP contribution in [0.15, 0.2) is 23.5 Å². The van der Waals surface area contributed by atoms with Gasteiger partial charge in [-0.15, -0.1) is 0 Å². The third kappa shape index (κ3) is 2.33. The highest BCUT2D eigenvalue weighted by atomic mass is 16.4. The van der Waals surface area contributed by atoms with Crippen molar-refractivity contribution in [1.29, 1.82) is 0 Å². The summed E-state index contributed by atoms with van der Waals surface area (Å²) in [6, 6.07) is 0. The Bertz CT molecular complexity index is 206. The summed E-state index contributed by atoms with van der Waals surface area (Å²) in [7, 11) is 0. The summed E-state index contributed by atoms with van der Waals surface area (Å²) in [5, 5.41) is 51.3. The fraction of sp³-hybridized carbons (Fsp3) is 0.333. The summed E-state index contributed by atoms with van der Waals surface area (Å²) in [5.74, 6) is -2.83. The van der Waals surface area contributed by atoms with Crippen LogP contribution in [0.5, 0.6) is 0 Å². The minimum Gasteiger partial charge on any atom is -0.512 e. The van der Waals surface area contributed by atoms with Gasteiger partial charge in [0.1, 0.15) is 12.9 Å². The molecule has 12 heavy (non-hydrogen) atoms. The van der Waals surface area contributed by atoms with Gasteiger partial charge in [0.15, 0.2) is 23.4 Å². The van der Waals surface area contributed by atoms with Crippen molar-refractivity contribution in [3.05, 3.63) is 23.5 Å². The molecule has 0 aliphatic heterocycles. The molecule has 0 aromatic heterocycles. The van der Waals surface area contributed by atoms with E-state index in [0.29, 0.717) is 0 Å². The van der Waals surface area contributed by atoms with Crippen molar-refractivity contribution in [3.63, 3.8) is 0 Å². The van der Waals surface area contributed by atoms with E-state index in [1.54, 1.807) is 0 Å². The van der Waals surface area contributed by atoms with E-state index in [0.717, 1.165) is 0 Å². The highest BCUT2D eigenvalue weighted by molar-refractivity contribution is 5.13. The fourth-order valence-electron chi connectivity index (χ4n) is 0.449. The topological polar surface area (TPSA) is 121 Å². The second-order valence-electron chi connectivity index (χ2n) is 1.95. The quantitative estimate of drug-likeness (QED) is 0.328. The molecular formula is C6H10O6. The molecule has 70 valence electrons. The van der Waals surface area contributed by atoms with E-state index in [-0.39, 0.29) is 6.26 Å². The molecule has 0 saturated carbocycles. The summed E-state index contributed by atoms with van der Waals surface area (Å²) < 4.78 is 0. The van der Waals surface area contributed by atoms with Crippen molar-refractivity contribution in [2.24, 2.45) is 0 Å². The zero-order valence-electron chi connectivity index (χ0n) is 6.05. The first-order chi connectivity index (χ1) is 5.54. The molecule has 0 heterocycles. The predicted octanol–water partition coefficient (Wildman–Crippen LogP) is -0.375. The Hall–Kier alpha value is -1.40. The van der Waals surface area contributed by atoms with Crippen LogP contribution in [0.3, 0.4) is 0 Å². The van der Waals surface area contributed by atoms with Crippen LogP contribution < -0.4 is 0 Å². The summed E-state index contributed by atoms with van der Waals surface area (Å²) in [6.45, 7) is -0.873. The van der Waals surface area contributed by atoms with Gasteiger partial charge in [0.2, 0.25) is 0 Å². The highest BCUT2D eigenvalue weighted by Crippen LogP contribution is 2.09. The molecule has 1 unspecified atom stereocenters. The van der Waals surface area contributed by atoms with Crippen LogP contribution in [-0.4, -0.2) is 43.4 Å². The average molecular weight is 178 g/mol. The van der Waals surface area contributed by atoms with Crippen molar-refractivity contribution >= 4 is 0 Å². The van der Waals surface area contributed by atoms with E-state index in [1.165, 1.54) is 0 Å². The molecular weight excluding hydrogens is 168 g/mol. The molecule has 0 aliphatic carbocycles. The number of hydrogen-bond donors (Lipinski definition) is 6. The number of aliphatic hydroxyl groups is 6. The molecule has 0 radical (unpaired) electrons. The number of aliphatic hydroxyl groups excluding tert-OH is 6. The lowest BCUT2D eigenvalue weighted by Gasteiger charge is -2.08. The van der Waals surface area contributed by atoms with Gasteiger partial charge < -0.3 is 30.6 Å². The molecule has 0 aliphatic rings. The van der Waals surface area contributed by atoms with Crippen LogP contribution in [-0.2, 0) is 0 Å². The van der Waals surface area contributed by atoms with Gasteiger partial charge in [-0.1, -0.05) is 0 Å². The number of hydrogen-bond acceptors (Lipinski definition) is 6. The lowest BCUT2D eigenvalue weighted by Crippen LogP contribution is -2.16. The van der Waals surface area contributed by atoms with Gasteiger partial charge >= 0.3 is 0 Å². The second kappa shape index (κ2) is 4.47. The molecule has 0 spiro atoms. The van der Waals surface area contributed by atoms with Crippen LogP contribution in [0.25, 0.3) is 0 Å². The van der Waals surface area contributed by atoms with Gasteiger partial charge in [-0.2, -0.15) is 0 Å². The third-order valence-corrected chi connectivity index (χ3v) is 1.12. The standard InChI is InChI=1S/C6H10O6/c7-1-3(9)5(11)6(12)4(10)2-8/h1,5,7-12H,2H2/b3-1-,6-4+. The minimum absolute atomic E-state index is 0.158. The lowest BCUT2D eigenvalue weighted by molar-refractivity contribution is 0.114. The molecule has 0 rings (SSSR count). The van der Waals surface area contributed by atoms with Crippen molar-refractivity contribution < 1.29 is 30.6 Å². The lowest BCUT2D eigenvalue weighted by atomic mass is 10.2. The normalized spacial score (nSPS) is 17.0. The van der Waals surface area contributed by atoms with Crippen LogP contribution in [0, 0.1) is 0 Å². The summed E-state index contributed by atoms with van der Waals surface area (Å²) >= 11 is 0. The maximum atomic E-state index is 8.83. The van der Waals surface area contributed by atoms with Gasteiger partial charge in [-0.25, -0.2) is 0 Å². The molecule has 0 saturated heterocycles. The Labute approximate surface area is 68.0 Å². The Morgan fingerprint density at radius 1 is 1.25 bits per heavy atom. The zero-order valence-corrected chi connectivity index (χ0v) is 6.05. The van der Waals surface area contributed by atoms with Crippen molar-refractivity contribution in [3.8, 4) is 0 Å². The van der Waals surface area contributed by atoms with Crippen molar-refractivity contribution in [2.75, 3.05) is 6.61 Å². The van der Waals surface area contributed by atoms with Crippen molar-refractivity contribution in [2.45, 2.75) is 6.10 Å². The molecule has 0 amide bonds. The highest BCUT2D eigenvalue weighted by Gasteiger charge is 2.18. The largest absolute Gasteiger partial charge is 0.512 e. The first-order valence-corrected chi connectivity index (χ1v) is 2.97. The molecule has 6 heteroatoms. The Balaban J connectivity index is 4.59. The van der Waals surface area contributed by atoms with E-state index in [9.17, 15) is 0 Å². The van der Waals surface area contributed by atoms with Gasteiger partial charge in [-0.3, -0.25) is 0 Å². The molecule has 6 N–H and O–H groups in total. The fourth-order valence-corrected chi connectivity index (χ4v) is 0.449. The average Bonchev–Trinajstić information content (AvgIpc) is 2.12. The third-order valence-electron chi connectivity index (χ3n) is 1.12. The van der Waals surface area contributed by atoms with Crippen LogP contribution in [0.1, 0.15) is 0 Å². The second-order valence-corrected chi connectivity index (χ2v) is 1.95. The first kappa shape index (κ1) is 10.6. The first-order valence-electron chi connectivity index (χ1n) is 2.97. The smallest absolute Gasteiger partial charge is 0.174 e. The van der Waals surface area contributed by atoms with Crippen molar-refractivity contribution in [1.82, 2.24) is 0 Å². The SMILES string of the molecule is O/C=C(\O)C(O)/C(O)=C(\O)CO. The molecule has 0 aromatic carbocycles. The van der Waals surface area contributed by atoms with Gasteiger partial charge in [0, 0.05) is 0 Å². The molecule has 0 aromatic rings. The van der Waals surface area contributed by atoms with E-state index in [4.69, 9.17) is 30.6 Å². The Morgan fingerprint density at radius 3 is 2.08 bits per heavy atom. The van der Waals surface area contributed by atoms with Crippen LogP contribution in [0.4, 0.5) is 0 Å². The summed E-state index contributed by atoms with van der Waals surface area (Å²) in [5.41, 5.74) is 0. The predicted molar refractivity (Wildman–Crippen MR) is 38.7 cm³/mol. The molecule has 0 fully saturated rings. The molecule has 1 atom stereocenters. The van der Waals surface area contributed by atoms with E-state index < -0.39 is 30.0 Å². The zero-order chi connectivity index (χ0) is 9.72. The molecule has 0 bridgehead atoms.